The summed E-state index contributed by atoms with van der Waals surface area (Å²) in [5.41, 5.74) is 1.68. The van der Waals surface area contributed by atoms with Crippen molar-refractivity contribution < 1.29 is 27.6 Å². The highest BCUT2D eigenvalue weighted by Crippen LogP contribution is 2.37. The predicted molar refractivity (Wildman–Crippen MR) is 114 cm³/mol. The molecule has 7 nitrogen and oxygen atoms in total. The van der Waals surface area contributed by atoms with E-state index in [1.165, 1.54) is 30.1 Å². The van der Waals surface area contributed by atoms with Gasteiger partial charge in [-0.15, -0.1) is 0 Å². The van der Waals surface area contributed by atoms with Crippen molar-refractivity contribution in [2.45, 2.75) is 25.6 Å². The van der Waals surface area contributed by atoms with Crippen molar-refractivity contribution in [3.63, 3.8) is 0 Å². The lowest BCUT2D eigenvalue weighted by Gasteiger charge is -2.32. The number of aryl methyl sites for hydroxylation is 1. The zero-order chi connectivity index (χ0) is 23.5. The number of hydrogen-bond donors (Lipinski definition) is 2. The van der Waals surface area contributed by atoms with Gasteiger partial charge in [0.05, 0.1) is 30.9 Å². The van der Waals surface area contributed by atoms with Crippen molar-refractivity contribution in [2.75, 3.05) is 35.7 Å². The number of benzene rings is 2. The Morgan fingerprint density at radius 3 is 2.44 bits per heavy atom. The summed E-state index contributed by atoms with van der Waals surface area (Å²) in [6, 6.07) is 10.6. The fourth-order valence-electron chi connectivity index (χ4n) is 3.44. The number of rotatable bonds is 5. The SMILES string of the molecule is Cc1ccc(NC(=O)CN(C)CC(=O)N2c3ccccc3NC(=O)C[C@H]2C(F)(F)F)cc1. The molecule has 0 spiro atoms. The van der Waals surface area contributed by atoms with Crippen LogP contribution in [0.4, 0.5) is 30.2 Å². The molecule has 2 aromatic carbocycles. The third kappa shape index (κ3) is 5.64. The van der Waals surface area contributed by atoms with Crippen LogP contribution in [0.2, 0.25) is 0 Å². The van der Waals surface area contributed by atoms with Crippen LogP contribution in [0.5, 0.6) is 0 Å². The lowest BCUT2D eigenvalue weighted by Crippen LogP contribution is -2.52. The molecule has 3 rings (SSSR count). The molecule has 0 saturated heterocycles. The third-order valence-corrected chi connectivity index (χ3v) is 4.93. The topological polar surface area (TPSA) is 81.8 Å². The number of hydrogen-bond acceptors (Lipinski definition) is 4. The first-order chi connectivity index (χ1) is 15.0. The van der Waals surface area contributed by atoms with Gasteiger partial charge in [-0.05, 0) is 38.2 Å². The second-order valence-electron chi connectivity index (χ2n) is 7.68. The molecular weight excluding hydrogens is 425 g/mol. The van der Waals surface area contributed by atoms with E-state index in [9.17, 15) is 27.6 Å². The number of para-hydroxylation sites is 2. The van der Waals surface area contributed by atoms with Gasteiger partial charge in [0.1, 0.15) is 6.04 Å². The quantitative estimate of drug-likeness (QED) is 0.736. The Morgan fingerprint density at radius 2 is 1.78 bits per heavy atom. The van der Waals surface area contributed by atoms with Gasteiger partial charge >= 0.3 is 6.18 Å². The molecule has 0 radical (unpaired) electrons. The lowest BCUT2D eigenvalue weighted by molar-refractivity contribution is -0.158. The molecule has 1 atom stereocenters. The van der Waals surface area contributed by atoms with Crippen LogP contribution in [0, 0.1) is 6.92 Å². The van der Waals surface area contributed by atoms with E-state index in [1.54, 1.807) is 18.2 Å². The maximum Gasteiger partial charge on any atom is 0.409 e. The van der Waals surface area contributed by atoms with Gasteiger partial charge in [0.2, 0.25) is 17.7 Å². The molecule has 1 heterocycles. The largest absolute Gasteiger partial charge is 0.409 e. The molecule has 0 aromatic heterocycles. The molecule has 170 valence electrons. The van der Waals surface area contributed by atoms with Crippen molar-refractivity contribution in [2.24, 2.45) is 0 Å². The van der Waals surface area contributed by atoms with Crippen molar-refractivity contribution in [3.05, 3.63) is 54.1 Å². The summed E-state index contributed by atoms with van der Waals surface area (Å²) in [5, 5.41) is 5.09. The summed E-state index contributed by atoms with van der Waals surface area (Å²) in [5.74, 6) is -2.12. The van der Waals surface area contributed by atoms with Crippen LogP contribution in [0.15, 0.2) is 48.5 Å². The zero-order valence-corrected chi connectivity index (χ0v) is 17.6. The Labute approximate surface area is 183 Å². The normalized spacial score (nSPS) is 16.2. The van der Waals surface area contributed by atoms with E-state index in [1.807, 2.05) is 19.1 Å². The van der Waals surface area contributed by atoms with E-state index >= 15 is 0 Å². The number of amides is 3. The molecule has 32 heavy (non-hydrogen) atoms. The van der Waals surface area contributed by atoms with E-state index in [0.29, 0.717) is 10.6 Å². The molecule has 1 aliphatic heterocycles. The van der Waals surface area contributed by atoms with Crippen LogP contribution >= 0.6 is 0 Å². The van der Waals surface area contributed by atoms with Gasteiger partial charge < -0.3 is 10.6 Å². The van der Waals surface area contributed by atoms with Crippen LogP contribution in [0.1, 0.15) is 12.0 Å². The number of likely N-dealkylation sites (N-methyl/N-ethyl adjacent to an activating group) is 1. The second kappa shape index (κ2) is 9.39. The molecule has 1 aliphatic rings. The Hall–Kier alpha value is -3.40. The number of carbonyl (C=O) groups excluding carboxylic acids is 3. The summed E-state index contributed by atoms with van der Waals surface area (Å²) in [4.78, 5) is 39.2. The first kappa shape index (κ1) is 23.3. The molecule has 0 saturated carbocycles. The molecule has 0 fully saturated rings. The smallest absolute Gasteiger partial charge is 0.325 e. The lowest BCUT2D eigenvalue weighted by atomic mass is 10.1. The molecule has 0 bridgehead atoms. The fourth-order valence-corrected chi connectivity index (χ4v) is 3.44. The van der Waals surface area contributed by atoms with Crippen LogP contribution in [-0.4, -0.2) is 55.0 Å². The Kier molecular flexibility index (Phi) is 6.83. The number of fused-ring (bicyclic) bond motifs is 1. The summed E-state index contributed by atoms with van der Waals surface area (Å²) >= 11 is 0. The van der Waals surface area contributed by atoms with E-state index in [2.05, 4.69) is 10.6 Å². The molecular formula is C22H23F3N4O3. The summed E-state index contributed by atoms with van der Waals surface area (Å²) in [6.45, 7) is 1.25. The Morgan fingerprint density at radius 1 is 1.12 bits per heavy atom. The number of carbonyl (C=O) groups is 3. The minimum absolute atomic E-state index is 0.0387. The standard InChI is InChI=1S/C22H23F3N4O3/c1-14-7-9-15(10-8-14)26-20(31)12-28(2)13-21(32)29-17-6-4-3-5-16(17)27-19(30)11-18(29)22(23,24)25/h3-10,18H,11-13H2,1-2H3,(H,26,31)(H,27,30)/t18-/m0/s1. The maximum atomic E-state index is 13.8. The summed E-state index contributed by atoms with van der Waals surface area (Å²) in [7, 11) is 1.46. The van der Waals surface area contributed by atoms with E-state index in [0.717, 1.165) is 5.56 Å². The first-order valence-electron chi connectivity index (χ1n) is 9.87. The van der Waals surface area contributed by atoms with Crippen LogP contribution in [0.25, 0.3) is 0 Å². The number of nitrogens with one attached hydrogen (secondary N) is 2. The zero-order valence-electron chi connectivity index (χ0n) is 17.6. The van der Waals surface area contributed by atoms with Crippen molar-refractivity contribution in [1.82, 2.24) is 4.90 Å². The van der Waals surface area contributed by atoms with Crippen molar-refractivity contribution in [3.8, 4) is 0 Å². The Bertz CT molecular complexity index is 1010. The molecule has 10 heteroatoms. The maximum absolute atomic E-state index is 13.8. The molecule has 0 unspecified atom stereocenters. The van der Waals surface area contributed by atoms with E-state index in [4.69, 9.17) is 0 Å². The van der Waals surface area contributed by atoms with Crippen molar-refractivity contribution in [1.29, 1.82) is 0 Å². The minimum atomic E-state index is -4.81. The summed E-state index contributed by atoms with van der Waals surface area (Å²) < 4.78 is 41.3. The van der Waals surface area contributed by atoms with Gasteiger partial charge in [-0.25, -0.2) is 0 Å². The van der Waals surface area contributed by atoms with Gasteiger partial charge in [0, 0.05) is 5.69 Å². The molecule has 0 aliphatic carbocycles. The molecule has 2 aromatic rings. The average Bonchev–Trinajstić information content (AvgIpc) is 2.85. The summed E-state index contributed by atoms with van der Waals surface area (Å²) in [6.07, 6.45) is -5.73. The number of alkyl halides is 3. The van der Waals surface area contributed by atoms with Gasteiger partial charge in [-0.1, -0.05) is 29.8 Å². The van der Waals surface area contributed by atoms with Gasteiger partial charge in [-0.2, -0.15) is 13.2 Å². The number of nitrogens with zero attached hydrogens (tertiary/aromatic N) is 2. The Balaban J connectivity index is 1.75. The minimum Gasteiger partial charge on any atom is -0.325 e. The highest BCUT2D eigenvalue weighted by molar-refractivity contribution is 6.05. The monoisotopic (exact) mass is 448 g/mol. The van der Waals surface area contributed by atoms with Crippen LogP contribution in [-0.2, 0) is 14.4 Å². The second-order valence-corrected chi connectivity index (χ2v) is 7.68. The number of halogens is 3. The van der Waals surface area contributed by atoms with Crippen LogP contribution in [0.3, 0.4) is 0 Å². The predicted octanol–water partition coefficient (Wildman–Crippen LogP) is 3.17. The van der Waals surface area contributed by atoms with Gasteiger partial charge in [0.15, 0.2) is 0 Å². The van der Waals surface area contributed by atoms with Crippen molar-refractivity contribution >= 4 is 34.8 Å². The van der Waals surface area contributed by atoms with E-state index < -0.39 is 42.9 Å². The molecule has 3 amide bonds. The van der Waals surface area contributed by atoms with E-state index in [-0.39, 0.29) is 17.9 Å². The average molecular weight is 448 g/mol. The first-order valence-corrected chi connectivity index (χ1v) is 9.87. The van der Waals surface area contributed by atoms with Gasteiger partial charge in [-0.3, -0.25) is 24.2 Å². The number of anilines is 3. The third-order valence-electron chi connectivity index (χ3n) is 4.93. The van der Waals surface area contributed by atoms with Crippen LogP contribution < -0.4 is 15.5 Å². The molecule has 2 N–H and O–H groups in total. The highest BCUT2D eigenvalue weighted by Gasteiger charge is 2.49. The highest BCUT2D eigenvalue weighted by atomic mass is 19.4. The fraction of sp³-hybridized carbons (Fsp3) is 0.318. The van der Waals surface area contributed by atoms with Gasteiger partial charge in [0.25, 0.3) is 0 Å².